The normalized spacial score (nSPS) is 11.5. The monoisotopic (exact) mass is 246 g/mol. The lowest BCUT2D eigenvalue weighted by Crippen LogP contribution is -2.24. The van der Waals surface area contributed by atoms with Gasteiger partial charge in [0.05, 0.1) is 5.39 Å². The molecule has 0 amide bonds. The van der Waals surface area contributed by atoms with Gasteiger partial charge >= 0.3 is 5.97 Å². The Bertz CT molecular complexity index is 647. The summed E-state index contributed by atoms with van der Waals surface area (Å²) in [6, 6.07) is 7.94. The van der Waals surface area contributed by atoms with Crippen LogP contribution < -0.4 is 5.43 Å². The van der Waals surface area contributed by atoms with Crippen molar-refractivity contribution in [3.63, 3.8) is 0 Å². The molecule has 0 fully saturated rings. The first-order valence-corrected chi connectivity index (χ1v) is 5.63. The van der Waals surface area contributed by atoms with Crippen molar-refractivity contribution in [3.05, 3.63) is 46.3 Å². The first-order valence-electron chi connectivity index (χ1n) is 5.63. The molecule has 0 atom stereocenters. The van der Waals surface area contributed by atoms with Gasteiger partial charge in [0, 0.05) is 6.07 Å². The van der Waals surface area contributed by atoms with Gasteiger partial charge in [-0.05, 0) is 32.9 Å². The van der Waals surface area contributed by atoms with E-state index in [1.54, 1.807) is 45.0 Å². The van der Waals surface area contributed by atoms with E-state index in [-0.39, 0.29) is 11.2 Å². The summed E-state index contributed by atoms with van der Waals surface area (Å²) in [5.41, 5.74) is -0.495. The van der Waals surface area contributed by atoms with E-state index in [0.29, 0.717) is 11.0 Å². The molecule has 1 heterocycles. The Morgan fingerprint density at radius 3 is 2.56 bits per heavy atom. The molecule has 18 heavy (non-hydrogen) atoms. The first-order chi connectivity index (χ1) is 8.37. The van der Waals surface area contributed by atoms with E-state index >= 15 is 0 Å². The van der Waals surface area contributed by atoms with Gasteiger partial charge in [-0.1, -0.05) is 12.1 Å². The summed E-state index contributed by atoms with van der Waals surface area (Å²) in [6.45, 7) is 5.26. The average molecular weight is 246 g/mol. The topological polar surface area (TPSA) is 56.5 Å². The molecule has 0 N–H and O–H groups in total. The number of para-hydroxylation sites is 1. The molecule has 0 aliphatic rings. The van der Waals surface area contributed by atoms with Gasteiger partial charge in [-0.2, -0.15) is 0 Å². The minimum atomic E-state index is -0.634. The van der Waals surface area contributed by atoms with Crippen molar-refractivity contribution in [1.82, 2.24) is 0 Å². The number of rotatable bonds is 1. The van der Waals surface area contributed by atoms with Crippen molar-refractivity contribution in [1.29, 1.82) is 0 Å². The highest BCUT2D eigenvalue weighted by Crippen LogP contribution is 2.15. The maximum atomic E-state index is 11.8. The summed E-state index contributed by atoms with van der Waals surface area (Å²) in [5.74, 6) is -0.709. The van der Waals surface area contributed by atoms with Crippen molar-refractivity contribution < 1.29 is 13.9 Å². The fraction of sp³-hybridized carbons (Fsp3) is 0.286. The zero-order valence-corrected chi connectivity index (χ0v) is 10.5. The fourth-order valence-corrected chi connectivity index (χ4v) is 1.53. The van der Waals surface area contributed by atoms with Gasteiger partial charge in [0.15, 0.2) is 5.43 Å². The minimum absolute atomic E-state index is 0.0753. The van der Waals surface area contributed by atoms with Crippen molar-refractivity contribution >= 4 is 16.9 Å². The maximum absolute atomic E-state index is 11.8. The maximum Gasteiger partial charge on any atom is 0.374 e. The highest BCUT2D eigenvalue weighted by Gasteiger charge is 2.20. The lowest BCUT2D eigenvalue weighted by Gasteiger charge is -2.18. The Morgan fingerprint density at radius 1 is 1.22 bits per heavy atom. The molecule has 0 unspecified atom stereocenters. The largest absolute Gasteiger partial charge is 0.454 e. The van der Waals surface area contributed by atoms with Gasteiger partial charge in [0.1, 0.15) is 11.2 Å². The Kier molecular flexibility index (Phi) is 2.95. The van der Waals surface area contributed by atoms with E-state index in [1.807, 2.05) is 0 Å². The van der Waals surface area contributed by atoms with Gasteiger partial charge in [-0.15, -0.1) is 0 Å². The van der Waals surface area contributed by atoms with Crippen LogP contribution in [0.25, 0.3) is 11.0 Å². The lowest BCUT2D eigenvalue weighted by atomic mass is 10.2. The van der Waals surface area contributed by atoms with Crippen molar-refractivity contribution in [2.45, 2.75) is 26.4 Å². The van der Waals surface area contributed by atoms with E-state index < -0.39 is 11.6 Å². The van der Waals surface area contributed by atoms with E-state index in [1.165, 1.54) is 0 Å². The smallest absolute Gasteiger partial charge is 0.374 e. The number of fused-ring (bicyclic) bond motifs is 1. The molecule has 0 aliphatic carbocycles. The average Bonchev–Trinajstić information content (AvgIpc) is 2.26. The number of carbonyl (C=O) groups excluding carboxylic acids is 1. The molecule has 0 saturated heterocycles. The molecular formula is C14H14O4. The van der Waals surface area contributed by atoms with Crippen LogP contribution in [0.4, 0.5) is 0 Å². The predicted molar refractivity (Wildman–Crippen MR) is 67.7 cm³/mol. The van der Waals surface area contributed by atoms with Crippen LogP contribution in [0.1, 0.15) is 31.3 Å². The molecule has 1 aromatic heterocycles. The third-order valence-corrected chi connectivity index (χ3v) is 2.23. The van der Waals surface area contributed by atoms with Crippen LogP contribution in [0.5, 0.6) is 0 Å². The van der Waals surface area contributed by atoms with Crippen LogP contribution >= 0.6 is 0 Å². The predicted octanol–water partition coefficient (Wildman–Crippen LogP) is 2.75. The second kappa shape index (κ2) is 4.29. The molecule has 4 heteroatoms. The number of esters is 1. The van der Waals surface area contributed by atoms with Crippen LogP contribution in [0.15, 0.2) is 39.5 Å². The zero-order valence-electron chi connectivity index (χ0n) is 10.5. The summed E-state index contributed by atoms with van der Waals surface area (Å²) < 4.78 is 10.5. The van der Waals surface area contributed by atoms with E-state index in [4.69, 9.17) is 9.15 Å². The van der Waals surface area contributed by atoms with Gasteiger partial charge in [-0.25, -0.2) is 4.79 Å². The number of carbonyl (C=O) groups is 1. The third-order valence-electron chi connectivity index (χ3n) is 2.23. The van der Waals surface area contributed by atoms with Gasteiger partial charge in [0.2, 0.25) is 5.76 Å². The highest BCUT2D eigenvalue weighted by molar-refractivity contribution is 5.89. The Morgan fingerprint density at radius 2 is 1.89 bits per heavy atom. The molecule has 94 valence electrons. The molecule has 0 aliphatic heterocycles. The Labute approximate surface area is 104 Å². The fourth-order valence-electron chi connectivity index (χ4n) is 1.53. The van der Waals surface area contributed by atoms with Crippen LogP contribution in [0, 0.1) is 0 Å². The third kappa shape index (κ3) is 2.59. The molecule has 4 nitrogen and oxygen atoms in total. The van der Waals surface area contributed by atoms with Crippen LogP contribution in [-0.4, -0.2) is 11.6 Å². The molecule has 2 rings (SSSR count). The molecule has 1 aromatic carbocycles. The van der Waals surface area contributed by atoms with Crippen LogP contribution in [0.2, 0.25) is 0 Å². The minimum Gasteiger partial charge on any atom is -0.454 e. The zero-order chi connectivity index (χ0) is 13.3. The second-order valence-corrected chi connectivity index (χ2v) is 4.97. The van der Waals surface area contributed by atoms with Crippen molar-refractivity contribution in [3.8, 4) is 0 Å². The van der Waals surface area contributed by atoms with E-state index in [2.05, 4.69) is 0 Å². The van der Waals surface area contributed by atoms with Crippen LogP contribution in [-0.2, 0) is 4.74 Å². The van der Waals surface area contributed by atoms with Gasteiger partial charge in [0.25, 0.3) is 0 Å². The van der Waals surface area contributed by atoms with Gasteiger partial charge < -0.3 is 9.15 Å². The first kappa shape index (κ1) is 12.4. The molecular weight excluding hydrogens is 232 g/mol. The van der Waals surface area contributed by atoms with Crippen LogP contribution in [0.3, 0.4) is 0 Å². The standard InChI is InChI=1S/C14H14O4/c1-14(2,3)18-13(16)12-8-10(15)9-6-4-5-7-11(9)17-12/h4-8H,1-3H3. The summed E-state index contributed by atoms with van der Waals surface area (Å²) in [7, 11) is 0. The number of hydrogen-bond acceptors (Lipinski definition) is 4. The number of benzene rings is 1. The summed E-state index contributed by atoms with van der Waals surface area (Å²) in [4.78, 5) is 23.6. The molecule has 0 radical (unpaired) electrons. The van der Waals surface area contributed by atoms with E-state index in [0.717, 1.165) is 6.07 Å². The second-order valence-electron chi connectivity index (χ2n) is 4.97. The van der Waals surface area contributed by atoms with E-state index in [9.17, 15) is 9.59 Å². The molecule has 0 bridgehead atoms. The quantitative estimate of drug-likeness (QED) is 0.726. The van der Waals surface area contributed by atoms with Gasteiger partial charge in [-0.3, -0.25) is 4.79 Å². The Balaban J connectivity index is 2.47. The summed E-state index contributed by atoms with van der Waals surface area (Å²) >= 11 is 0. The highest BCUT2D eigenvalue weighted by atomic mass is 16.6. The lowest BCUT2D eigenvalue weighted by molar-refractivity contribution is 0.00364. The SMILES string of the molecule is CC(C)(C)OC(=O)c1cc(=O)c2ccccc2o1. The van der Waals surface area contributed by atoms with Crippen molar-refractivity contribution in [2.75, 3.05) is 0 Å². The summed E-state index contributed by atoms with van der Waals surface area (Å²) in [6.07, 6.45) is 0. The van der Waals surface area contributed by atoms with Crippen molar-refractivity contribution in [2.24, 2.45) is 0 Å². The molecule has 2 aromatic rings. The molecule has 0 spiro atoms. The number of ether oxygens (including phenoxy) is 1. The Hall–Kier alpha value is -2.10. The number of hydrogen-bond donors (Lipinski definition) is 0. The summed E-state index contributed by atoms with van der Waals surface area (Å²) in [5, 5.41) is 0.449. The molecule has 0 saturated carbocycles.